The molecule has 1 unspecified atom stereocenters. The van der Waals surface area contributed by atoms with Crippen LogP contribution in [0.15, 0.2) is 48.7 Å². The van der Waals surface area contributed by atoms with Gasteiger partial charge < -0.3 is 10.3 Å². The number of amides is 1. The maximum absolute atomic E-state index is 12.0. The Kier molecular flexibility index (Phi) is 3.62. The van der Waals surface area contributed by atoms with E-state index in [1.165, 1.54) is 0 Å². The highest BCUT2D eigenvalue weighted by Gasteiger charge is 2.25. The number of hydrogen-bond donors (Lipinski definition) is 2. The molecule has 0 saturated heterocycles. The summed E-state index contributed by atoms with van der Waals surface area (Å²) in [5.74, 6) is 0.260. The summed E-state index contributed by atoms with van der Waals surface area (Å²) in [5, 5.41) is 3.59. The maximum atomic E-state index is 12.0. The molecule has 0 saturated carbocycles. The first-order valence-corrected chi connectivity index (χ1v) is 8.23. The summed E-state index contributed by atoms with van der Waals surface area (Å²) in [4.78, 5) is 19.9. The van der Waals surface area contributed by atoms with E-state index in [1.807, 2.05) is 42.5 Å². The second-order valence-electron chi connectivity index (χ2n) is 6.06. The van der Waals surface area contributed by atoms with Gasteiger partial charge in [-0.3, -0.25) is 9.78 Å². The Morgan fingerprint density at radius 2 is 2.04 bits per heavy atom. The van der Waals surface area contributed by atoms with E-state index in [9.17, 15) is 4.79 Å². The van der Waals surface area contributed by atoms with Gasteiger partial charge in [-0.1, -0.05) is 30.7 Å². The minimum atomic E-state index is -0.0188. The van der Waals surface area contributed by atoms with E-state index in [2.05, 4.69) is 22.2 Å². The zero-order valence-corrected chi connectivity index (χ0v) is 13.9. The molecular formula is C19H16ClN3O. The summed E-state index contributed by atoms with van der Waals surface area (Å²) < 4.78 is 0. The molecule has 2 aromatic heterocycles. The van der Waals surface area contributed by atoms with Crippen molar-refractivity contribution in [3.05, 3.63) is 64.9 Å². The molecule has 1 atom stereocenters. The van der Waals surface area contributed by atoms with Crippen molar-refractivity contribution in [3.8, 4) is 22.5 Å². The van der Waals surface area contributed by atoms with Gasteiger partial charge in [-0.05, 0) is 30.3 Å². The highest BCUT2D eigenvalue weighted by Crippen LogP contribution is 2.30. The Hall–Kier alpha value is -2.59. The smallest absolute Gasteiger partial charge is 0.253 e. The summed E-state index contributed by atoms with van der Waals surface area (Å²) in [6.07, 6.45) is 1.77. The molecule has 3 heterocycles. The molecule has 24 heavy (non-hydrogen) atoms. The first-order chi connectivity index (χ1) is 11.6. The van der Waals surface area contributed by atoms with Gasteiger partial charge in [0, 0.05) is 46.2 Å². The third-order valence-corrected chi connectivity index (χ3v) is 4.58. The van der Waals surface area contributed by atoms with Crippen LogP contribution in [-0.2, 0) is 0 Å². The number of rotatable bonds is 2. The number of H-pyrrole nitrogens is 1. The molecule has 1 aromatic carbocycles. The molecule has 0 radical (unpaired) electrons. The Bertz CT molecular complexity index is 932. The fourth-order valence-corrected chi connectivity index (χ4v) is 3.24. The lowest BCUT2D eigenvalue weighted by Gasteiger charge is -2.18. The molecule has 120 valence electrons. The van der Waals surface area contributed by atoms with Crippen molar-refractivity contribution in [2.45, 2.75) is 12.8 Å². The summed E-state index contributed by atoms with van der Waals surface area (Å²) in [6, 6.07) is 13.5. The quantitative estimate of drug-likeness (QED) is 0.734. The van der Waals surface area contributed by atoms with Crippen LogP contribution >= 0.6 is 11.6 Å². The molecule has 4 rings (SSSR count). The molecule has 1 aliphatic rings. The lowest BCUT2D eigenvalue weighted by atomic mass is 9.99. The average Bonchev–Trinajstić information content (AvgIpc) is 3.05. The summed E-state index contributed by atoms with van der Waals surface area (Å²) in [7, 11) is 0. The zero-order chi connectivity index (χ0) is 16.7. The predicted octanol–water partition coefficient (Wildman–Crippen LogP) is 4.24. The van der Waals surface area contributed by atoms with Crippen molar-refractivity contribution in [2.24, 2.45) is 0 Å². The van der Waals surface area contributed by atoms with Crippen LogP contribution in [0.3, 0.4) is 0 Å². The van der Waals surface area contributed by atoms with Gasteiger partial charge in [-0.15, -0.1) is 0 Å². The number of nitrogens with one attached hydrogen (secondary N) is 2. The third kappa shape index (κ3) is 2.59. The van der Waals surface area contributed by atoms with E-state index in [-0.39, 0.29) is 11.8 Å². The number of aromatic nitrogens is 2. The molecule has 0 aliphatic carbocycles. The molecule has 5 heteroatoms. The number of carbonyl (C=O) groups is 1. The first kappa shape index (κ1) is 15.0. The van der Waals surface area contributed by atoms with Gasteiger partial charge in [-0.2, -0.15) is 0 Å². The molecule has 0 fully saturated rings. The second kappa shape index (κ2) is 5.80. The van der Waals surface area contributed by atoms with Crippen molar-refractivity contribution in [1.82, 2.24) is 15.3 Å². The molecule has 3 aromatic rings. The Labute approximate surface area is 144 Å². The monoisotopic (exact) mass is 337 g/mol. The molecular weight excluding hydrogens is 322 g/mol. The van der Waals surface area contributed by atoms with Gasteiger partial charge in [0.25, 0.3) is 5.91 Å². The van der Waals surface area contributed by atoms with E-state index >= 15 is 0 Å². The lowest BCUT2D eigenvalue weighted by molar-refractivity contribution is 0.0941. The van der Waals surface area contributed by atoms with Gasteiger partial charge in [0.15, 0.2) is 0 Å². The fraction of sp³-hybridized carbons (Fsp3) is 0.158. The number of fused-ring (bicyclic) bond motifs is 1. The number of halogens is 1. The molecule has 0 spiro atoms. The van der Waals surface area contributed by atoms with E-state index < -0.39 is 0 Å². The highest BCUT2D eigenvalue weighted by atomic mass is 35.5. The van der Waals surface area contributed by atoms with Crippen LogP contribution in [0, 0.1) is 0 Å². The van der Waals surface area contributed by atoms with Gasteiger partial charge in [-0.25, -0.2) is 0 Å². The number of pyridine rings is 1. The SMILES string of the molecule is CC1CNC(=O)c2cc(-c3ccnc(-c4cccc(Cl)c4)c3)[nH]c21. The number of carbonyl (C=O) groups excluding carboxylic acids is 1. The standard InChI is InChI=1S/C19H16ClN3O/c1-11-10-22-19(24)15-9-17(23-18(11)15)13-5-6-21-16(8-13)12-3-2-4-14(20)7-12/h2-9,11,23H,10H2,1H3,(H,22,24). The topological polar surface area (TPSA) is 57.8 Å². The van der Waals surface area contributed by atoms with E-state index in [4.69, 9.17) is 11.6 Å². The summed E-state index contributed by atoms with van der Waals surface area (Å²) in [6.45, 7) is 2.76. The van der Waals surface area contributed by atoms with E-state index in [1.54, 1.807) is 6.20 Å². The van der Waals surface area contributed by atoms with E-state index in [0.717, 1.165) is 33.8 Å². The molecule has 1 amide bonds. The van der Waals surface area contributed by atoms with Crippen molar-refractivity contribution >= 4 is 17.5 Å². The van der Waals surface area contributed by atoms with Crippen LogP contribution in [0.4, 0.5) is 0 Å². The third-order valence-electron chi connectivity index (χ3n) is 4.35. The number of aromatic amines is 1. The maximum Gasteiger partial charge on any atom is 0.253 e. The van der Waals surface area contributed by atoms with Crippen LogP contribution in [0.5, 0.6) is 0 Å². The largest absolute Gasteiger partial charge is 0.357 e. The van der Waals surface area contributed by atoms with Gasteiger partial charge >= 0.3 is 0 Å². The van der Waals surface area contributed by atoms with Crippen LogP contribution in [0.2, 0.25) is 5.02 Å². The first-order valence-electron chi connectivity index (χ1n) is 7.85. The van der Waals surface area contributed by atoms with Crippen LogP contribution < -0.4 is 5.32 Å². The normalized spacial score (nSPS) is 16.6. The summed E-state index contributed by atoms with van der Waals surface area (Å²) in [5.41, 5.74) is 5.45. The average molecular weight is 338 g/mol. The minimum absolute atomic E-state index is 0.0188. The van der Waals surface area contributed by atoms with Gasteiger partial charge in [0.2, 0.25) is 0 Å². The molecule has 2 N–H and O–H groups in total. The van der Waals surface area contributed by atoms with Crippen molar-refractivity contribution in [3.63, 3.8) is 0 Å². The number of hydrogen-bond acceptors (Lipinski definition) is 2. The zero-order valence-electron chi connectivity index (χ0n) is 13.1. The molecule has 1 aliphatic heterocycles. The number of nitrogens with zero attached hydrogens (tertiary/aromatic N) is 1. The second-order valence-corrected chi connectivity index (χ2v) is 6.50. The van der Waals surface area contributed by atoms with E-state index in [0.29, 0.717) is 11.6 Å². The number of benzene rings is 1. The minimum Gasteiger partial charge on any atom is -0.357 e. The van der Waals surface area contributed by atoms with Crippen molar-refractivity contribution in [2.75, 3.05) is 6.54 Å². The predicted molar refractivity (Wildman–Crippen MR) is 95.2 cm³/mol. The Morgan fingerprint density at radius 3 is 2.83 bits per heavy atom. The van der Waals surface area contributed by atoms with Crippen LogP contribution in [0.1, 0.15) is 28.9 Å². The van der Waals surface area contributed by atoms with Crippen LogP contribution in [-0.4, -0.2) is 22.4 Å². The van der Waals surface area contributed by atoms with Gasteiger partial charge in [0.05, 0.1) is 11.3 Å². The lowest BCUT2D eigenvalue weighted by Crippen LogP contribution is -2.33. The van der Waals surface area contributed by atoms with Crippen molar-refractivity contribution in [1.29, 1.82) is 0 Å². The van der Waals surface area contributed by atoms with Crippen LogP contribution in [0.25, 0.3) is 22.5 Å². The Morgan fingerprint density at radius 1 is 1.17 bits per heavy atom. The highest BCUT2D eigenvalue weighted by molar-refractivity contribution is 6.30. The summed E-state index contributed by atoms with van der Waals surface area (Å²) >= 11 is 6.07. The molecule has 0 bridgehead atoms. The van der Waals surface area contributed by atoms with Crippen molar-refractivity contribution < 1.29 is 4.79 Å². The Balaban J connectivity index is 1.77. The fourth-order valence-electron chi connectivity index (χ4n) is 3.05. The van der Waals surface area contributed by atoms with Gasteiger partial charge in [0.1, 0.15) is 0 Å². The molecule has 4 nitrogen and oxygen atoms in total.